The zero-order valence-corrected chi connectivity index (χ0v) is 10.3. The Bertz CT molecular complexity index is 67.7. The molecule has 0 rings (SSSR count). The first-order valence-corrected chi connectivity index (χ1v) is 5.33. The molecule has 6 heteroatoms. The number of aliphatic hydroxyl groups is 4. The number of rotatable bonds is 7. The van der Waals surface area contributed by atoms with Crippen molar-refractivity contribution < 1.29 is 29.9 Å². The molecule has 0 unspecified atom stereocenters. The van der Waals surface area contributed by atoms with Crippen molar-refractivity contribution in [3.63, 3.8) is 0 Å². The SMILES string of the molecule is CCOCCOCC.OCCO.OCCO. The molecule has 102 valence electrons. The van der Waals surface area contributed by atoms with E-state index in [0.29, 0.717) is 0 Å². The van der Waals surface area contributed by atoms with E-state index in [0.717, 1.165) is 26.4 Å². The lowest BCUT2D eigenvalue weighted by atomic mass is 10.7. The molecule has 0 aliphatic heterocycles. The number of hydrogen-bond donors (Lipinski definition) is 4. The van der Waals surface area contributed by atoms with Gasteiger partial charge in [-0.2, -0.15) is 0 Å². The number of hydrogen-bond acceptors (Lipinski definition) is 6. The predicted octanol–water partition coefficient (Wildman–Crippen LogP) is -0.999. The molecule has 0 amide bonds. The third kappa shape index (κ3) is 49.0. The smallest absolute Gasteiger partial charge is 0.0700 e. The quantitative estimate of drug-likeness (QED) is 0.427. The minimum atomic E-state index is -0.125. The van der Waals surface area contributed by atoms with Crippen LogP contribution in [0.15, 0.2) is 0 Å². The molecule has 0 atom stereocenters. The van der Waals surface area contributed by atoms with Gasteiger partial charge in [-0.05, 0) is 13.8 Å². The van der Waals surface area contributed by atoms with Crippen LogP contribution in [0, 0.1) is 0 Å². The molecule has 0 aliphatic rings. The molecule has 0 radical (unpaired) electrons. The van der Waals surface area contributed by atoms with E-state index in [1.165, 1.54) is 0 Å². The first-order chi connectivity index (χ1) is 7.74. The highest BCUT2D eigenvalue weighted by molar-refractivity contribution is 4.24. The Labute approximate surface area is 97.4 Å². The van der Waals surface area contributed by atoms with Crippen molar-refractivity contribution in [3.05, 3.63) is 0 Å². The summed E-state index contributed by atoms with van der Waals surface area (Å²) in [5, 5.41) is 30.5. The van der Waals surface area contributed by atoms with Crippen molar-refractivity contribution in [2.75, 3.05) is 52.9 Å². The van der Waals surface area contributed by atoms with Gasteiger partial charge in [-0.25, -0.2) is 0 Å². The van der Waals surface area contributed by atoms with E-state index in [-0.39, 0.29) is 26.4 Å². The Balaban J connectivity index is -0.000000179. The van der Waals surface area contributed by atoms with Gasteiger partial charge in [0.2, 0.25) is 0 Å². The van der Waals surface area contributed by atoms with E-state index >= 15 is 0 Å². The van der Waals surface area contributed by atoms with Crippen LogP contribution < -0.4 is 0 Å². The zero-order valence-electron chi connectivity index (χ0n) is 10.3. The van der Waals surface area contributed by atoms with Crippen LogP contribution in [0.2, 0.25) is 0 Å². The van der Waals surface area contributed by atoms with Gasteiger partial charge < -0.3 is 29.9 Å². The molecular weight excluding hydrogens is 216 g/mol. The van der Waals surface area contributed by atoms with Crippen LogP contribution in [0.3, 0.4) is 0 Å². The van der Waals surface area contributed by atoms with Crippen molar-refractivity contribution in [1.82, 2.24) is 0 Å². The summed E-state index contributed by atoms with van der Waals surface area (Å²) in [5.74, 6) is 0. The molecule has 0 saturated carbocycles. The summed E-state index contributed by atoms with van der Waals surface area (Å²) < 4.78 is 10.0. The molecule has 16 heavy (non-hydrogen) atoms. The van der Waals surface area contributed by atoms with Crippen LogP contribution in [0.1, 0.15) is 13.8 Å². The van der Waals surface area contributed by atoms with E-state index in [1.54, 1.807) is 0 Å². The van der Waals surface area contributed by atoms with Crippen LogP contribution in [0.4, 0.5) is 0 Å². The molecule has 0 aliphatic carbocycles. The monoisotopic (exact) mass is 242 g/mol. The largest absolute Gasteiger partial charge is 0.394 e. The highest BCUT2D eigenvalue weighted by Gasteiger charge is 1.81. The van der Waals surface area contributed by atoms with Crippen LogP contribution in [0.5, 0.6) is 0 Å². The van der Waals surface area contributed by atoms with Gasteiger partial charge in [0.15, 0.2) is 0 Å². The van der Waals surface area contributed by atoms with Gasteiger partial charge in [-0.3, -0.25) is 0 Å². The fraction of sp³-hybridized carbons (Fsp3) is 1.00. The van der Waals surface area contributed by atoms with Gasteiger partial charge >= 0.3 is 0 Å². The second-order valence-corrected chi connectivity index (χ2v) is 2.29. The van der Waals surface area contributed by atoms with E-state index in [4.69, 9.17) is 29.9 Å². The summed E-state index contributed by atoms with van der Waals surface area (Å²) in [4.78, 5) is 0. The highest BCUT2D eigenvalue weighted by Crippen LogP contribution is 1.75. The first kappa shape index (κ1) is 21.1. The standard InChI is InChI=1S/C6H14O2.2C2H6O2/c1-3-7-5-6-8-4-2;2*3-1-2-4/h3-6H2,1-2H3;2*3-4H,1-2H2. The molecule has 0 spiro atoms. The van der Waals surface area contributed by atoms with Crippen molar-refractivity contribution in [1.29, 1.82) is 0 Å². The Morgan fingerprint density at radius 3 is 1.00 bits per heavy atom. The minimum Gasteiger partial charge on any atom is -0.394 e. The summed E-state index contributed by atoms with van der Waals surface area (Å²) in [6, 6.07) is 0. The lowest BCUT2D eigenvalue weighted by molar-refractivity contribution is 0.0584. The number of ether oxygens (including phenoxy) is 2. The molecule has 0 aromatic heterocycles. The summed E-state index contributed by atoms with van der Waals surface area (Å²) in [5.41, 5.74) is 0. The number of aliphatic hydroxyl groups excluding tert-OH is 4. The van der Waals surface area contributed by atoms with Gasteiger partial charge in [0, 0.05) is 13.2 Å². The Morgan fingerprint density at radius 1 is 0.625 bits per heavy atom. The maximum absolute atomic E-state index is 7.62. The molecule has 0 fully saturated rings. The Kier molecular flexibility index (Phi) is 38.7. The average molecular weight is 242 g/mol. The molecule has 6 nitrogen and oxygen atoms in total. The van der Waals surface area contributed by atoms with Crippen LogP contribution >= 0.6 is 0 Å². The molecule has 0 bridgehead atoms. The summed E-state index contributed by atoms with van der Waals surface area (Å²) in [6.07, 6.45) is 0. The molecule has 0 aromatic carbocycles. The van der Waals surface area contributed by atoms with Gasteiger partial charge in [0.05, 0.1) is 39.6 Å². The summed E-state index contributed by atoms with van der Waals surface area (Å²) >= 11 is 0. The van der Waals surface area contributed by atoms with E-state index < -0.39 is 0 Å². The van der Waals surface area contributed by atoms with E-state index in [1.807, 2.05) is 13.8 Å². The zero-order chi connectivity index (χ0) is 13.1. The van der Waals surface area contributed by atoms with E-state index in [9.17, 15) is 0 Å². The van der Waals surface area contributed by atoms with Crippen LogP contribution in [0.25, 0.3) is 0 Å². The Hall–Kier alpha value is -0.240. The molecular formula is C10H26O6. The maximum atomic E-state index is 7.62. The molecule has 0 saturated heterocycles. The van der Waals surface area contributed by atoms with Crippen LogP contribution in [-0.2, 0) is 9.47 Å². The van der Waals surface area contributed by atoms with Gasteiger partial charge in [-0.15, -0.1) is 0 Å². The van der Waals surface area contributed by atoms with E-state index in [2.05, 4.69) is 0 Å². The average Bonchev–Trinajstić information content (AvgIpc) is 2.35. The van der Waals surface area contributed by atoms with Crippen molar-refractivity contribution in [3.8, 4) is 0 Å². The highest BCUT2D eigenvalue weighted by atomic mass is 16.5. The summed E-state index contributed by atoms with van der Waals surface area (Å²) in [6.45, 7) is 6.48. The third-order valence-electron chi connectivity index (χ3n) is 0.980. The molecule has 0 heterocycles. The van der Waals surface area contributed by atoms with Gasteiger partial charge in [-0.1, -0.05) is 0 Å². The minimum absolute atomic E-state index is 0.125. The second kappa shape index (κ2) is 29.3. The fourth-order valence-electron chi connectivity index (χ4n) is 0.407. The maximum Gasteiger partial charge on any atom is 0.0700 e. The van der Waals surface area contributed by atoms with Crippen LogP contribution in [-0.4, -0.2) is 73.3 Å². The second-order valence-electron chi connectivity index (χ2n) is 2.29. The molecule has 4 N–H and O–H groups in total. The molecule has 0 aromatic rings. The Morgan fingerprint density at radius 2 is 0.875 bits per heavy atom. The summed E-state index contributed by atoms with van der Waals surface area (Å²) in [7, 11) is 0. The third-order valence-corrected chi connectivity index (χ3v) is 0.980. The first-order valence-electron chi connectivity index (χ1n) is 5.33. The van der Waals surface area contributed by atoms with Crippen molar-refractivity contribution in [2.45, 2.75) is 13.8 Å². The normalized spacial score (nSPS) is 8.62. The van der Waals surface area contributed by atoms with Crippen molar-refractivity contribution in [2.24, 2.45) is 0 Å². The fourth-order valence-corrected chi connectivity index (χ4v) is 0.407. The predicted molar refractivity (Wildman–Crippen MR) is 61.3 cm³/mol. The lowest BCUT2D eigenvalue weighted by Gasteiger charge is -1.99. The van der Waals surface area contributed by atoms with Crippen molar-refractivity contribution >= 4 is 0 Å². The van der Waals surface area contributed by atoms with Gasteiger partial charge in [0.1, 0.15) is 0 Å². The topological polar surface area (TPSA) is 99.4 Å². The van der Waals surface area contributed by atoms with Gasteiger partial charge in [0.25, 0.3) is 0 Å². The lowest BCUT2D eigenvalue weighted by Crippen LogP contribution is -2.02.